The Morgan fingerprint density at radius 2 is 1.82 bits per heavy atom. The van der Waals surface area contributed by atoms with Crippen molar-refractivity contribution in [2.45, 2.75) is 25.7 Å². The lowest BCUT2D eigenvalue weighted by Crippen LogP contribution is -2.37. The SMILES string of the molecule is Cc1nc(-c2ccc(F)c(F)c2)sc1C(=O)N1CCC(c2ccncc2)CC1. The molecule has 3 heterocycles. The summed E-state index contributed by atoms with van der Waals surface area (Å²) in [6.45, 7) is 3.14. The highest BCUT2D eigenvalue weighted by Crippen LogP contribution is 2.32. The molecule has 4 nitrogen and oxygen atoms in total. The smallest absolute Gasteiger partial charge is 0.265 e. The number of hydrogen-bond donors (Lipinski definition) is 0. The molecule has 1 aliphatic rings. The molecule has 3 aromatic rings. The topological polar surface area (TPSA) is 46.1 Å². The molecule has 0 atom stereocenters. The van der Waals surface area contributed by atoms with Crippen LogP contribution in [0.1, 0.15) is 39.7 Å². The van der Waals surface area contributed by atoms with E-state index in [1.807, 2.05) is 17.0 Å². The Hall–Kier alpha value is -2.67. The molecule has 0 unspecified atom stereocenters. The molecule has 2 aromatic heterocycles. The van der Waals surface area contributed by atoms with Crippen LogP contribution in [0.3, 0.4) is 0 Å². The Labute approximate surface area is 165 Å². The lowest BCUT2D eigenvalue weighted by Gasteiger charge is -2.32. The van der Waals surface area contributed by atoms with E-state index < -0.39 is 11.6 Å². The standard InChI is InChI=1S/C21H19F2N3OS/c1-13-19(28-20(25-13)16-2-3-17(22)18(23)12-16)21(27)26-10-6-15(7-11-26)14-4-8-24-9-5-14/h2-5,8-9,12,15H,6-7,10-11H2,1H3. The van der Waals surface area contributed by atoms with Gasteiger partial charge in [-0.15, -0.1) is 11.3 Å². The van der Waals surface area contributed by atoms with Gasteiger partial charge in [-0.05, 0) is 61.6 Å². The zero-order valence-electron chi connectivity index (χ0n) is 15.4. The summed E-state index contributed by atoms with van der Waals surface area (Å²) in [5.41, 5.74) is 2.35. The summed E-state index contributed by atoms with van der Waals surface area (Å²) in [6, 6.07) is 7.73. The molecular weight excluding hydrogens is 380 g/mol. The van der Waals surface area contributed by atoms with Crippen molar-refractivity contribution in [1.82, 2.24) is 14.9 Å². The minimum absolute atomic E-state index is 0.0444. The highest BCUT2D eigenvalue weighted by Gasteiger charge is 2.27. The van der Waals surface area contributed by atoms with Crippen LogP contribution in [0, 0.1) is 18.6 Å². The molecular formula is C21H19F2N3OS. The third-order valence-electron chi connectivity index (χ3n) is 5.12. The molecule has 1 aliphatic heterocycles. The van der Waals surface area contributed by atoms with Crippen molar-refractivity contribution in [3.63, 3.8) is 0 Å². The van der Waals surface area contributed by atoms with Gasteiger partial charge in [0.2, 0.25) is 0 Å². The summed E-state index contributed by atoms with van der Waals surface area (Å²) in [6.07, 6.45) is 5.41. The van der Waals surface area contributed by atoms with Gasteiger partial charge in [0.15, 0.2) is 11.6 Å². The van der Waals surface area contributed by atoms with E-state index in [4.69, 9.17) is 0 Å². The normalized spacial score (nSPS) is 15.0. The highest BCUT2D eigenvalue weighted by atomic mass is 32.1. The Bertz CT molecular complexity index is 998. The maximum absolute atomic E-state index is 13.5. The van der Waals surface area contributed by atoms with Crippen LogP contribution in [-0.2, 0) is 0 Å². The maximum atomic E-state index is 13.5. The van der Waals surface area contributed by atoms with E-state index in [0.29, 0.717) is 40.1 Å². The number of piperidine rings is 1. The Kier molecular flexibility index (Phi) is 5.17. The van der Waals surface area contributed by atoms with E-state index in [-0.39, 0.29) is 5.91 Å². The number of carbonyl (C=O) groups is 1. The average Bonchev–Trinajstić information content (AvgIpc) is 3.12. The molecule has 4 rings (SSSR count). The van der Waals surface area contributed by atoms with Gasteiger partial charge < -0.3 is 4.90 Å². The first kappa shape index (κ1) is 18.7. The zero-order valence-corrected chi connectivity index (χ0v) is 16.2. The predicted molar refractivity (Wildman–Crippen MR) is 104 cm³/mol. The fourth-order valence-electron chi connectivity index (χ4n) is 3.54. The van der Waals surface area contributed by atoms with Crippen molar-refractivity contribution >= 4 is 17.2 Å². The number of benzene rings is 1. The molecule has 0 radical (unpaired) electrons. The van der Waals surface area contributed by atoms with Gasteiger partial charge in [0.25, 0.3) is 5.91 Å². The molecule has 1 fully saturated rings. The zero-order chi connectivity index (χ0) is 19.7. The number of likely N-dealkylation sites (tertiary alicyclic amines) is 1. The van der Waals surface area contributed by atoms with Crippen molar-refractivity contribution in [3.8, 4) is 10.6 Å². The lowest BCUT2D eigenvalue weighted by molar-refractivity contribution is 0.0717. The van der Waals surface area contributed by atoms with Crippen LogP contribution in [0.4, 0.5) is 8.78 Å². The number of aryl methyl sites for hydroxylation is 1. The number of aromatic nitrogens is 2. The summed E-state index contributed by atoms with van der Waals surface area (Å²) in [4.78, 5) is 23.9. The van der Waals surface area contributed by atoms with Crippen molar-refractivity contribution in [3.05, 3.63) is 70.5 Å². The van der Waals surface area contributed by atoms with Gasteiger partial charge in [0.05, 0.1) is 5.69 Å². The summed E-state index contributed by atoms with van der Waals surface area (Å²) in [5.74, 6) is -1.42. The minimum atomic E-state index is -0.920. The van der Waals surface area contributed by atoms with Crippen LogP contribution in [0.5, 0.6) is 0 Å². The Morgan fingerprint density at radius 1 is 1.11 bits per heavy atom. The minimum Gasteiger partial charge on any atom is -0.338 e. The highest BCUT2D eigenvalue weighted by molar-refractivity contribution is 7.17. The number of hydrogen-bond acceptors (Lipinski definition) is 4. The van der Waals surface area contributed by atoms with E-state index in [0.717, 1.165) is 25.0 Å². The van der Waals surface area contributed by atoms with Crippen LogP contribution >= 0.6 is 11.3 Å². The first-order valence-corrected chi connectivity index (χ1v) is 9.96. The van der Waals surface area contributed by atoms with E-state index in [1.165, 1.54) is 23.0 Å². The van der Waals surface area contributed by atoms with Crippen LogP contribution in [0.2, 0.25) is 0 Å². The third kappa shape index (κ3) is 3.67. The number of amides is 1. The number of pyridine rings is 1. The molecule has 0 N–H and O–H groups in total. The van der Waals surface area contributed by atoms with E-state index in [1.54, 1.807) is 19.3 Å². The van der Waals surface area contributed by atoms with Gasteiger partial charge in [-0.1, -0.05) is 0 Å². The third-order valence-corrected chi connectivity index (χ3v) is 6.31. The monoisotopic (exact) mass is 399 g/mol. The summed E-state index contributed by atoms with van der Waals surface area (Å²) in [7, 11) is 0. The van der Waals surface area contributed by atoms with Crippen LogP contribution < -0.4 is 0 Å². The molecule has 1 saturated heterocycles. The second-order valence-corrected chi connectivity index (χ2v) is 7.91. The molecule has 144 valence electrons. The van der Waals surface area contributed by atoms with Crippen molar-refractivity contribution < 1.29 is 13.6 Å². The van der Waals surface area contributed by atoms with Crippen molar-refractivity contribution in [1.29, 1.82) is 0 Å². The molecule has 1 aromatic carbocycles. The molecule has 0 bridgehead atoms. The Balaban J connectivity index is 1.48. The number of carbonyl (C=O) groups excluding carboxylic acids is 1. The van der Waals surface area contributed by atoms with Crippen LogP contribution in [0.25, 0.3) is 10.6 Å². The van der Waals surface area contributed by atoms with E-state index in [9.17, 15) is 13.6 Å². The van der Waals surface area contributed by atoms with Gasteiger partial charge in [0.1, 0.15) is 9.88 Å². The van der Waals surface area contributed by atoms with Gasteiger partial charge in [-0.25, -0.2) is 13.8 Å². The molecule has 28 heavy (non-hydrogen) atoms. The second-order valence-electron chi connectivity index (χ2n) is 6.91. The summed E-state index contributed by atoms with van der Waals surface area (Å²) >= 11 is 1.23. The van der Waals surface area contributed by atoms with E-state index >= 15 is 0 Å². The molecule has 0 spiro atoms. The first-order chi connectivity index (χ1) is 13.5. The number of thiazole rings is 1. The lowest BCUT2D eigenvalue weighted by atomic mass is 9.90. The second kappa shape index (κ2) is 7.75. The number of nitrogens with zero attached hydrogens (tertiary/aromatic N) is 3. The van der Waals surface area contributed by atoms with Crippen LogP contribution in [0.15, 0.2) is 42.7 Å². The average molecular weight is 399 g/mol. The predicted octanol–water partition coefficient (Wildman–Crippen LogP) is 4.81. The quantitative estimate of drug-likeness (QED) is 0.635. The van der Waals surface area contributed by atoms with Crippen molar-refractivity contribution in [2.75, 3.05) is 13.1 Å². The fraction of sp³-hybridized carbons (Fsp3) is 0.286. The van der Waals surface area contributed by atoms with Gasteiger partial charge in [-0.3, -0.25) is 9.78 Å². The van der Waals surface area contributed by atoms with Gasteiger partial charge >= 0.3 is 0 Å². The molecule has 7 heteroatoms. The van der Waals surface area contributed by atoms with Crippen molar-refractivity contribution in [2.24, 2.45) is 0 Å². The number of rotatable bonds is 3. The van der Waals surface area contributed by atoms with Crippen LogP contribution in [-0.4, -0.2) is 33.9 Å². The Morgan fingerprint density at radius 3 is 2.50 bits per heavy atom. The summed E-state index contributed by atoms with van der Waals surface area (Å²) < 4.78 is 26.7. The number of halogens is 2. The molecule has 0 aliphatic carbocycles. The summed E-state index contributed by atoms with van der Waals surface area (Å²) in [5, 5.41) is 0.520. The largest absolute Gasteiger partial charge is 0.338 e. The first-order valence-electron chi connectivity index (χ1n) is 9.15. The molecule has 0 saturated carbocycles. The fourth-order valence-corrected chi connectivity index (χ4v) is 4.57. The van der Waals surface area contributed by atoms with Gasteiger partial charge in [-0.2, -0.15) is 0 Å². The maximum Gasteiger partial charge on any atom is 0.265 e. The molecule has 1 amide bonds. The van der Waals surface area contributed by atoms with E-state index in [2.05, 4.69) is 9.97 Å². The van der Waals surface area contributed by atoms with Gasteiger partial charge in [0, 0.05) is 31.0 Å².